The van der Waals surface area contributed by atoms with E-state index in [0.29, 0.717) is 34.6 Å². The Labute approximate surface area is 120 Å². The van der Waals surface area contributed by atoms with Gasteiger partial charge in [0, 0.05) is 24.7 Å². The van der Waals surface area contributed by atoms with Crippen LogP contribution in [-0.4, -0.2) is 44.2 Å². The summed E-state index contributed by atoms with van der Waals surface area (Å²) in [5, 5.41) is 0. The third-order valence-electron chi connectivity index (χ3n) is 3.20. The molecule has 1 aliphatic heterocycles. The van der Waals surface area contributed by atoms with Gasteiger partial charge in [-0.1, -0.05) is 0 Å². The first-order chi connectivity index (χ1) is 9.06. The summed E-state index contributed by atoms with van der Waals surface area (Å²) in [5.41, 5.74) is 6.37. The van der Waals surface area contributed by atoms with E-state index in [4.69, 9.17) is 15.2 Å². The normalized spacial score (nSPS) is 18.5. The van der Waals surface area contributed by atoms with Crippen LogP contribution in [0.25, 0.3) is 0 Å². The molecule has 104 valence electrons. The fraction of sp³-hybridized carbons (Fsp3) is 0.462. The first kappa shape index (κ1) is 14.1. The average Bonchev–Trinajstić information content (AvgIpc) is 2.85. The molecule has 0 aliphatic carbocycles. The minimum atomic E-state index is -0.0444. The van der Waals surface area contributed by atoms with Gasteiger partial charge in [0.2, 0.25) is 0 Å². The summed E-state index contributed by atoms with van der Waals surface area (Å²) in [6, 6.07) is 3.49. The SMILES string of the molecule is COc1cc(C(=O)N2CC[C@@H](N)C2)cc(OC)c1Br. The number of carbonyl (C=O) groups is 1. The molecule has 1 fully saturated rings. The van der Waals surface area contributed by atoms with Gasteiger partial charge < -0.3 is 20.1 Å². The molecule has 1 heterocycles. The van der Waals surface area contributed by atoms with Crippen molar-refractivity contribution in [2.45, 2.75) is 12.5 Å². The topological polar surface area (TPSA) is 64.8 Å². The van der Waals surface area contributed by atoms with Crippen LogP contribution in [0.1, 0.15) is 16.8 Å². The van der Waals surface area contributed by atoms with E-state index in [9.17, 15) is 4.79 Å². The van der Waals surface area contributed by atoms with Crippen LogP contribution in [0.15, 0.2) is 16.6 Å². The van der Waals surface area contributed by atoms with Gasteiger partial charge in [0.05, 0.1) is 14.2 Å². The highest BCUT2D eigenvalue weighted by Gasteiger charge is 2.25. The number of methoxy groups -OCH3 is 2. The molecule has 6 heteroatoms. The largest absolute Gasteiger partial charge is 0.495 e. The van der Waals surface area contributed by atoms with Crippen molar-refractivity contribution in [3.63, 3.8) is 0 Å². The van der Waals surface area contributed by atoms with Crippen molar-refractivity contribution in [2.75, 3.05) is 27.3 Å². The van der Waals surface area contributed by atoms with Crippen LogP contribution in [0.4, 0.5) is 0 Å². The number of hydrogen-bond donors (Lipinski definition) is 1. The van der Waals surface area contributed by atoms with Crippen LogP contribution < -0.4 is 15.2 Å². The fourth-order valence-corrected chi connectivity index (χ4v) is 2.70. The Hall–Kier alpha value is -1.27. The third-order valence-corrected chi connectivity index (χ3v) is 3.99. The molecule has 19 heavy (non-hydrogen) atoms. The minimum absolute atomic E-state index is 0.0444. The molecule has 2 N–H and O–H groups in total. The molecule has 1 aliphatic rings. The molecular weight excluding hydrogens is 312 g/mol. The maximum absolute atomic E-state index is 12.4. The molecule has 1 aromatic carbocycles. The van der Waals surface area contributed by atoms with Crippen LogP contribution in [0, 0.1) is 0 Å². The lowest BCUT2D eigenvalue weighted by atomic mass is 10.1. The van der Waals surface area contributed by atoms with Gasteiger partial charge in [-0.3, -0.25) is 4.79 Å². The number of hydrogen-bond acceptors (Lipinski definition) is 4. The van der Waals surface area contributed by atoms with E-state index in [1.807, 2.05) is 0 Å². The summed E-state index contributed by atoms with van der Waals surface area (Å²) in [5.74, 6) is 1.11. The van der Waals surface area contributed by atoms with Crippen molar-refractivity contribution < 1.29 is 14.3 Å². The zero-order valence-electron chi connectivity index (χ0n) is 11.0. The number of amides is 1. The van der Waals surface area contributed by atoms with Gasteiger partial charge in [0.25, 0.3) is 5.91 Å². The second-order valence-electron chi connectivity index (χ2n) is 4.49. The van der Waals surface area contributed by atoms with Crippen LogP contribution in [-0.2, 0) is 0 Å². The molecule has 1 saturated heterocycles. The number of nitrogens with two attached hydrogens (primary N) is 1. The van der Waals surface area contributed by atoms with Gasteiger partial charge in [0.1, 0.15) is 16.0 Å². The molecule has 1 atom stereocenters. The number of nitrogens with zero attached hydrogens (tertiary/aromatic N) is 1. The van der Waals surface area contributed by atoms with Crippen LogP contribution in [0.3, 0.4) is 0 Å². The highest BCUT2D eigenvalue weighted by molar-refractivity contribution is 9.10. The van der Waals surface area contributed by atoms with Crippen molar-refractivity contribution in [2.24, 2.45) is 5.73 Å². The Morgan fingerprint density at radius 1 is 1.37 bits per heavy atom. The number of halogens is 1. The molecular formula is C13H17BrN2O3. The summed E-state index contributed by atoms with van der Waals surface area (Å²) in [4.78, 5) is 14.1. The van der Waals surface area contributed by atoms with Crippen molar-refractivity contribution in [3.05, 3.63) is 22.2 Å². The van der Waals surface area contributed by atoms with E-state index in [-0.39, 0.29) is 11.9 Å². The predicted molar refractivity (Wildman–Crippen MR) is 75.7 cm³/mol. The lowest BCUT2D eigenvalue weighted by molar-refractivity contribution is 0.0790. The fourth-order valence-electron chi connectivity index (χ4n) is 2.15. The molecule has 0 radical (unpaired) electrons. The average molecular weight is 329 g/mol. The van der Waals surface area contributed by atoms with Gasteiger partial charge >= 0.3 is 0 Å². The highest BCUT2D eigenvalue weighted by Crippen LogP contribution is 2.36. The smallest absolute Gasteiger partial charge is 0.254 e. The second kappa shape index (κ2) is 5.79. The van der Waals surface area contributed by atoms with E-state index in [2.05, 4.69) is 15.9 Å². The molecule has 2 rings (SSSR count). The molecule has 1 amide bonds. The van der Waals surface area contributed by atoms with Gasteiger partial charge in [-0.15, -0.1) is 0 Å². The van der Waals surface area contributed by atoms with Gasteiger partial charge in [-0.2, -0.15) is 0 Å². The van der Waals surface area contributed by atoms with Crippen molar-refractivity contribution in [1.29, 1.82) is 0 Å². The van der Waals surface area contributed by atoms with Crippen LogP contribution >= 0.6 is 15.9 Å². The number of likely N-dealkylation sites (tertiary alicyclic amines) is 1. The van der Waals surface area contributed by atoms with E-state index in [0.717, 1.165) is 6.42 Å². The molecule has 0 saturated carbocycles. The predicted octanol–water partition coefficient (Wildman–Crippen LogP) is 1.64. The zero-order valence-corrected chi connectivity index (χ0v) is 12.6. The summed E-state index contributed by atoms with van der Waals surface area (Å²) < 4.78 is 11.2. The lowest BCUT2D eigenvalue weighted by Crippen LogP contribution is -2.31. The summed E-state index contributed by atoms with van der Waals surface area (Å²) >= 11 is 3.38. The standard InChI is InChI=1S/C13H17BrN2O3/c1-18-10-5-8(6-11(19-2)12(10)14)13(17)16-4-3-9(15)7-16/h5-6,9H,3-4,7,15H2,1-2H3/t9-/m1/s1. The van der Waals surface area contributed by atoms with Crippen LogP contribution in [0.5, 0.6) is 11.5 Å². The van der Waals surface area contributed by atoms with Gasteiger partial charge in [0.15, 0.2) is 0 Å². The number of ether oxygens (including phenoxy) is 2. The highest BCUT2D eigenvalue weighted by atomic mass is 79.9. The van der Waals surface area contributed by atoms with Gasteiger partial charge in [-0.05, 0) is 34.5 Å². The zero-order chi connectivity index (χ0) is 14.0. The van der Waals surface area contributed by atoms with Gasteiger partial charge in [-0.25, -0.2) is 0 Å². The second-order valence-corrected chi connectivity index (χ2v) is 5.29. The molecule has 0 unspecified atom stereocenters. The third kappa shape index (κ3) is 2.84. The Bertz CT molecular complexity index is 468. The molecule has 5 nitrogen and oxygen atoms in total. The summed E-state index contributed by atoms with van der Waals surface area (Å²) in [6.07, 6.45) is 0.844. The molecule has 1 aromatic rings. The van der Waals surface area contributed by atoms with E-state index in [1.54, 1.807) is 31.3 Å². The molecule has 0 aromatic heterocycles. The Morgan fingerprint density at radius 2 is 1.95 bits per heavy atom. The quantitative estimate of drug-likeness (QED) is 0.916. The summed E-state index contributed by atoms with van der Waals surface area (Å²) in [7, 11) is 3.11. The molecule has 0 spiro atoms. The van der Waals surface area contributed by atoms with Crippen LogP contribution in [0.2, 0.25) is 0 Å². The molecule has 0 bridgehead atoms. The number of rotatable bonds is 3. The van der Waals surface area contributed by atoms with Crippen molar-refractivity contribution >= 4 is 21.8 Å². The first-order valence-corrected chi connectivity index (χ1v) is 6.82. The number of carbonyl (C=O) groups excluding carboxylic acids is 1. The van der Waals surface area contributed by atoms with Crippen molar-refractivity contribution in [3.8, 4) is 11.5 Å². The van der Waals surface area contributed by atoms with Crippen molar-refractivity contribution in [1.82, 2.24) is 4.90 Å². The van der Waals surface area contributed by atoms with E-state index >= 15 is 0 Å². The Kier molecular flexibility index (Phi) is 4.31. The maximum Gasteiger partial charge on any atom is 0.254 e. The summed E-state index contributed by atoms with van der Waals surface area (Å²) in [6.45, 7) is 1.29. The Balaban J connectivity index is 2.31. The van der Waals surface area contributed by atoms with E-state index < -0.39 is 0 Å². The maximum atomic E-state index is 12.4. The monoisotopic (exact) mass is 328 g/mol. The first-order valence-electron chi connectivity index (χ1n) is 6.03. The van der Waals surface area contributed by atoms with E-state index in [1.165, 1.54) is 0 Å². The minimum Gasteiger partial charge on any atom is -0.495 e. The lowest BCUT2D eigenvalue weighted by Gasteiger charge is -2.17. The Morgan fingerprint density at radius 3 is 2.37 bits per heavy atom. The number of benzene rings is 1.